The van der Waals surface area contributed by atoms with Crippen molar-refractivity contribution in [1.82, 2.24) is 0 Å². The van der Waals surface area contributed by atoms with Gasteiger partial charge < -0.3 is 9.84 Å². The van der Waals surface area contributed by atoms with Crippen LogP contribution in [0, 0.1) is 10.1 Å². The largest absolute Gasteiger partial charge is 0.486 e. The SMILES string of the molecule is O=C(O)CC1COc2c1cccc2[N+](=O)[O-]. The fraction of sp³-hybridized carbons (Fsp3) is 0.300. The number of hydrogen-bond donors (Lipinski definition) is 1. The summed E-state index contributed by atoms with van der Waals surface area (Å²) < 4.78 is 5.20. The Balaban J connectivity index is 2.37. The Bertz CT molecular complexity index is 457. The number of aliphatic carboxylic acids is 1. The molecule has 0 radical (unpaired) electrons. The number of ether oxygens (including phenoxy) is 1. The Morgan fingerprint density at radius 1 is 1.62 bits per heavy atom. The van der Waals surface area contributed by atoms with Crippen LogP contribution in [0.2, 0.25) is 0 Å². The summed E-state index contributed by atoms with van der Waals surface area (Å²) in [7, 11) is 0. The van der Waals surface area contributed by atoms with E-state index in [-0.39, 0.29) is 30.4 Å². The van der Waals surface area contributed by atoms with Crippen molar-refractivity contribution in [3.05, 3.63) is 33.9 Å². The van der Waals surface area contributed by atoms with Crippen molar-refractivity contribution in [2.45, 2.75) is 12.3 Å². The third-order valence-electron chi connectivity index (χ3n) is 2.51. The van der Waals surface area contributed by atoms with E-state index in [1.807, 2.05) is 0 Å². The van der Waals surface area contributed by atoms with Crippen LogP contribution in [0.15, 0.2) is 18.2 Å². The van der Waals surface area contributed by atoms with Gasteiger partial charge in [0.1, 0.15) is 0 Å². The van der Waals surface area contributed by atoms with E-state index in [1.165, 1.54) is 6.07 Å². The van der Waals surface area contributed by atoms with E-state index in [0.717, 1.165) is 0 Å². The Kier molecular flexibility index (Phi) is 2.47. The van der Waals surface area contributed by atoms with Crippen molar-refractivity contribution < 1.29 is 19.6 Å². The summed E-state index contributed by atoms with van der Waals surface area (Å²) in [5.41, 5.74) is 0.502. The van der Waals surface area contributed by atoms with E-state index in [0.29, 0.717) is 5.56 Å². The van der Waals surface area contributed by atoms with Crippen LogP contribution in [0.25, 0.3) is 0 Å². The summed E-state index contributed by atoms with van der Waals surface area (Å²) in [5, 5.41) is 19.4. The number of benzene rings is 1. The molecule has 1 heterocycles. The minimum atomic E-state index is -0.937. The van der Waals surface area contributed by atoms with Crippen LogP contribution in [0.1, 0.15) is 17.9 Å². The molecule has 1 aliphatic heterocycles. The highest BCUT2D eigenvalue weighted by molar-refractivity contribution is 5.69. The maximum absolute atomic E-state index is 10.7. The quantitative estimate of drug-likeness (QED) is 0.620. The van der Waals surface area contributed by atoms with Gasteiger partial charge in [-0.3, -0.25) is 14.9 Å². The normalized spacial score (nSPS) is 17.6. The molecule has 1 aromatic rings. The smallest absolute Gasteiger partial charge is 0.311 e. The van der Waals surface area contributed by atoms with Crippen LogP contribution in [0.3, 0.4) is 0 Å². The molecule has 6 nitrogen and oxygen atoms in total. The molecule has 0 saturated heterocycles. The van der Waals surface area contributed by atoms with Crippen molar-refractivity contribution in [2.24, 2.45) is 0 Å². The molecule has 0 amide bonds. The van der Waals surface area contributed by atoms with E-state index < -0.39 is 10.9 Å². The van der Waals surface area contributed by atoms with Crippen LogP contribution in [0.4, 0.5) is 5.69 Å². The number of carboxylic acids is 1. The standard InChI is InChI=1S/C10H9NO5/c12-9(13)4-6-5-16-10-7(6)2-1-3-8(10)11(14)15/h1-3,6H,4-5H2,(H,12,13). The average Bonchev–Trinajstić information content (AvgIpc) is 2.60. The first-order chi connectivity index (χ1) is 7.59. The summed E-state index contributed by atoms with van der Waals surface area (Å²) in [4.78, 5) is 20.8. The van der Waals surface area contributed by atoms with Gasteiger partial charge in [0.15, 0.2) is 0 Å². The number of nitrogens with zero attached hydrogens (tertiary/aromatic N) is 1. The second-order valence-electron chi connectivity index (χ2n) is 3.56. The molecule has 0 bridgehead atoms. The van der Waals surface area contributed by atoms with Crippen LogP contribution in [-0.2, 0) is 4.79 Å². The molecular formula is C10H9NO5. The van der Waals surface area contributed by atoms with Crippen LogP contribution >= 0.6 is 0 Å². The zero-order chi connectivity index (χ0) is 11.7. The van der Waals surface area contributed by atoms with Gasteiger partial charge >= 0.3 is 11.7 Å². The molecule has 0 spiro atoms. The Morgan fingerprint density at radius 2 is 2.38 bits per heavy atom. The molecule has 0 saturated carbocycles. The lowest BCUT2D eigenvalue weighted by molar-refractivity contribution is -0.385. The second-order valence-corrected chi connectivity index (χ2v) is 3.56. The zero-order valence-corrected chi connectivity index (χ0v) is 8.25. The van der Waals surface area contributed by atoms with Crippen LogP contribution < -0.4 is 4.74 Å². The molecule has 0 fully saturated rings. The number of rotatable bonds is 3. The minimum Gasteiger partial charge on any atom is -0.486 e. The number of para-hydroxylation sites is 1. The van der Waals surface area contributed by atoms with E-state index in [2.05, 4.69) is 0 Å². The Labute approximate surface area is 90.6 Å². The average molecular weight is 223 g/mol. The molecule has 2 rings (SSSR count). The molecule has 1 atom stereocenters. The topological polar surface area (TPSA) is 89.7 Å². The van der Waals surface area contributed by atoms with E-state index in [4.69, 9.17) is 9.84 Å². The molecule has 1 N–H and O–H groups in total. The monoisotopic (exact) mass is 223 g/mol. The lowest BCUT2D eigenvalue weighted by Gasteiger charge is -2.03. The molecule has 6 heteroatoms. The van der Waals surface area contributed by atoms with Gasteiger partial charge in [-0.2, -0.15) is 0 Å². The lowest BCUT2D eigenvalue weighted by Crippen LogP contribution is -2.07. The van der Waals surface area contributed by atoms with Gasteiger partial charge in [0.2, 0.25) is 5.75 Å². The molecule has 1 unspecified atom stereocenters. The van der Waals surface area contributed by atoms with Crippen molar-refractivity contribution in [1.29, 1.82) is 0 Å². The van der Waals surface area contributed by atoms with Crippen LogP contribution in [0.5, 0.6) is 5.75 Å². The van der Waals surface area contributed by atoms with E-state index in [1.54, 1.807) is 12.1 Å². The lowest BCUT2D eigenvalue weighted by atomic mass is 9.97. The molecule has 84 valence electrons. The van der Waals surface area contributed by atoms with Gasteiger partial charge in [0.05, 0.1) is 18.0 Å². The molecule has 1 aliphatic rings. The van der Waals surface area contributed by atoms with Gasteiger partial charge in [-0.05, 0) is 0 Å². The van der Waals surface area contributed by atoms with Crippen LogP contribution in [-0.4, -0.2) is 22.6 Å². The van der Waals surface area contributed by atoms with Gasteiger partial charge in [-0.15, -0.1) is 0 Å². The predicted octanol–water partition coefficient (Wildman–Crippen LogP) is 1.55. The maximum Gasteiger partial charge on any atom is 0.311 e. The number of carboxylic acid groups (broad SMARTS) is 1. The second kappa shape index (κ2) is 3.80. The number of fused-ring (bicyclic) bond motifs is 1. The molecule has 0 aromatic heterocycles. The first kappa shape index (κ1) is 10.4. The number of nitro benzene ring substituents is 1. The third-order valence-corrected chi connectivity index (χ3v) is 2.51. The highest BCUT2D eigenvalue weighted by Crippen LogP contribution is 2.41. The number of hydrogen-bond acceptors (Lipinski definition) is 4. The third kappa shape index (κ3) is 1.69. The summed E-state index contributed by atoms with van der Waals surface area (Å²) in [5.74, 6) is -1.03. The Hall–Kier alpha value is -2.11. The highest BCUT2D eigenvalue weighted by atomic mass is 16.6. The van der Waals surface area contributed by atoms with E-state index in [9.17, 15) is 14.9 Å². The van der Waals surface area contributed by atoms with Gasteiger partial charge in [-0.25, -0.2) is 0 Å². The predicted molar refractivity (Wildman–Crippen MR) is 53.6 cm³/mol. The van der Waals surface area contributed by atoms with E-state index >= 15 is 0 Å². The van der Waals surface area contributed by atoms with Crippen molar-refractivity contribution in [2.75, 3.05) is 6.61 Å². The molecule has 1 aromatic carbocycles. The molecule has 16 heavy (non-hydrogen) atoms. The first-order valence-corrected chi connectivity index (χ1v) is 4.71. The summed E-state index contributed by atoms with van der Waals surface area (Å²) in [6, 6.07) is 4.56. The van der Waals surface area contributed by atoms with Gasteiger partial charge in [-0.1, -0.05) is 12.1 Å². The summed E-state index contributed by atoms with van der Waals surface area (Å²) >= 11 is 0. The summed E-state index contributed by atoms with van der Waals surface area (Å²) in [6.45, 7) is 0.187. The fourth-order valence-electron chi connectivity index (χ4n) is 1.82. The first-order valence-electron chi connectivity index (χ1n) is 4.71. The highest BCUT2D eigenvalue weighted by Gasteiger charge is 2.31. The molecular weight excluding hydrogens is 214 g/mol. The number of carbonyl (C=O) groups is 1. The van der Waals surface area contributed by atoms with Crippen molar-refractivity contribution >= 4 is 11.7 Å². The van der Waals surface area contributed by atoms with Crippen molar-refractivity contribution in [3.63, 3.8) is 0 Å². The maximum atomic E-state index is 10.7. The zero-order valence-electron chi connectivity index (χ0n) is 8.25. The Morgan fingerprint density at radius 3 is 3.00 bits per heavy atom. The van der Waals surface area contributed by atoms with Crippen molar-refractivity contribution in [3.8, 4) is 5.75 Å². The van der Waals surface area contributed by atoms with Gasteiger partial charge in [0.25, 0.3) is 0 Å². The summed E-state index contributed by atoms with van der Waals surface area (Å²) in [6.07, 6.45) is -0.0752. The minimum absolute atomic E-state index is 0.0752. The number of nitro groups is 1. The van der Waals surface area contributed by atoms with Gasteiger partial charge in [0, 0.05) is 17.5 Å². The molecule has 0 aliphatic carbocycles. The fourth-order valence-corrected chi connectivity index (χ4v) is 1.82.